The molecule has 4 nitrogen and oxygen atoms in total. The van der Waals surface area contributed by atoms with Gasteiger partial charge in [0.05, 0.1) is 15.9 Å². The van der Waals surface area contributed by atoms with Gasteiger partial charge in [-0.15, -0.1) is 0 Å². The van der Waals surface area contributed by atoms with Gasteiger partial charge in [0.25, 0.3) is 0 Å². The lowest BCUT2D eigenvalue weighted by atomic mass is 9.99. The van der Waals surface area contributed by atoms with Crippen molar-refractivity contribution in [3.63, 3.8) is 0 Å². The number of aromatic nitrogens is 1. The summed E-state index contributed by atoms with van der Waals surface area (Å²) in [4.78, 5) is 15.8. The molecule has 1 saturated heterocycles. The molecular formula is C9H12BrN3OS. The Kier molecular flexibility index (Phi) is 3.71. The molecule has 1 fully saturated rings. The van der Waals surface area contributed by atoms with E-state index in [4.69, 9.17) is 0 Å². The summed E-state index contributed by atoms with van der Waals surface area (Å²) in [7, 11) is 0. The highest BCUT2D eigenvalue weighted by molar-refractivity contribution is 9.11. The van der Waals surface area contributed by atoms with E-state index in [2.05, 4.69) is 31.5 Å². The van der Waals surface area contributed by atoms with Gasteiger partial charge in [-0.05, 0) is 35.3 Å². The second-order valence-corrected chi connectivity index (χ2v) is 5.91. The standard InChI is InChI=1S/C9H12BrN3OS/c10-7-5-12-9(15-7)13-8(14)6-2-1-3-11-4-6/h5-6,11H,1-4H2,(H,12,13,14)/t6-/m1/s1. The first-order valence-corrected chi connectivity index (χ1v) is 6.49. The molecule has 82 valence electrons. The molecule has 0 unspecified atom stereocenters. The highest BCUT2D eigenvalue weighted by Gasteiger charge is 2.21. The van der Waals surface area contributed by atoms with E-state index < -0.39 is 0 Å². The number of nitrogens with zero attached hydrogens (tertiary/aromatic N) is 1. The Morgan fingerprint density at radius 2 is 2.60 bits per heavy atom. The summed E-state index contributed by atoms with van der Waals surface area (Å²) < 4.78 is 0.930. The average Bonchev–Trinajstić information content (AvgIpc) is 2.65. The third-order valence-corrected chi connectivity index (χ3v) is 3.77. The van der Waals surface area contributed by atoms with Gasteiger partial charge >= 0.3 is 0 Å². The molecule has 1 aliphatic heterocycles. The minimum Gasteiger partial charge on any atom is -0.316 e. The fraction of sp³-hybridized carbons (Fsp3) is 0.556. The van der Waals surface area contributed by atoms with E-state index in [1.54, 1.807) is 6.20 Å². The van der Waals surface area contributed by atoms with Gasteiger partial charge in [-0.3, -0.25) is 4.79 Å². The zero-order chi connectivity index (χ0) is 10.7. The van der Waals surface area contributed by atoms with Crippen LogP contribution in [0.25, 0.3) is 0 Å². The Morgan fingerprint density at radius 1 is 1.73 bits per heavy atom. The largest absolute Gasteiger partial charge is 0.316 e. The second-order valence-electron chi connectivity index (χ2n) is 3.50. The molecule has 2 N–H and O–H groups in total. The smallest absolute Gasteiger partial charge is 0.230 e. The molecule has 0 bridgehead atoms. The van der Waals surface area contributed by atoms with Crippen molar-refractivity contribution in [2.45, 2.75) is 12.8 Å². The lowest BCUT2D eigenvalue weighted by Crippen LogP contribution is -2.37. The number of hydrogen-bond donors (Lipinski definition) is 2. The lowest BCUT2D eigenvalue weighted by molar-refractivity contribution is -0.120. The van der Waals surface area contributed by atoms with Crippen molar-refractivity contribution >= 4 is 38.3 Å². The van der Waals surface area contributed by atoms with Crippen molar-refractivity contribution in [2.24, 2.45) is 5.92 Å². The summed E-state index contributed by atoms with van der Waals surface area (Å²) in [5.41, 5.74) is 0. The monoisotopic (exact) mass is 289 g/mol. The first-order valence-electron chi connectivity index (χ1n) is 4.88. The molecule has 15 heavy (non-hydrogen) atoms. The molecule has 0 spiro atoms. The lowest BCUT2D eigenvalue weighted by Gasteiger charge is -2.21. The van der Waals surface area contributed by atoms with Crippen LogP contribution in [0, 0.1) is 5.92 Å². The Hall–Kier alpha value is -0.460. The van der Waals surface area contributed by atoms with E-state index in [9.17, 15) is 4.79 Å². The minimum atomic E-state index is 0.0732. The van der Waals surface area contributed by atoms with Crippen molar-refractivity contribution < 1.29 is 4.79 Å². The first-order chi connectivity index (χ1) is 7.25. The summed E-state index contributed by atoms with van der Waals surface area (Å²) in [6.07, 6.45) is 3.73. The highest BCUT2D eigenvalue weighted by Crippen LogP contribution is 2.24. The zero-order valence-corrected chi connectivity index (χ0v) is 10.5. The molecule has 0 saturated carbocycles. The van der Waals surface area contributed by atoms with Crippen LogP contribution < -0.4 is 10.6 Å². The molecule has 1 aliphatic rings. The quantitative estimate of drug-likeness (QED) is 0.874. The number of amides is 1. The number of rotatable bonds is 2. The molecule has 2 heterocycles. The van der Waals surface area contributed by atoms with Crippen LogP contribution in [-0.4, -0.2) is 24.0 Å². The summed E-state index contributed by atoms with van der Waals surface area (Å²) in [5.74, 6) is 0.158. The van der Waals surface area contributed by atoms with Crippen LogP contribution in [-0.2, 0) is 4.79 Å². The molecule has 0 aliphatic carbocycles. The van der Waals surface area contributed by atoms with Gasteiger partial charge < -0.3 is 10.6 Å². The molecule has 1 amide bonds. The Bertz CT molecular complexity index is 349. The van der Waals surface area contributed by atoms with E-state index in [-0.39, 0.29) is 11.8 Å². The molecule has 2 rings (SSSR count). The fourth-order valence-electron chi connectivity index (χ4n) is 1.60. The van der Waals surface area contributed by atoms with Crippen LogP contribution in [0.1, 0.15) is 12.8 Å². The maximum absolute atomic E-state index is 11.8. The molecule has 1 atom stereocenters. The summed E-state index contributed by atoms with van der Waals surface area (Å²) in [6.45, 7) is 1.80. The number of thiazole rings is 1. The number of carbonyl (C=O) groups is 1. The van der Waals surface area contributed by atoms with E-state index in [1.807, 2.05) is 0 Å². The predicted molar refractivity (Wildman–Crippen MR) is 64.0 cm³/mol. The van der Waals surface area contributed by atoms with Crippen LogP contribution in [0.5, 0.6) is 0 Å². The summed E-state index contributed by atoms with van der Waals surface area (Å²) in [6, 6.07) is 0. The number of halogens is 1. The van der Waals surface area contributed by atoms with Crippen molar-refractivity contribution in [1.82, 2.24) is 10.3 Å². The third-order valence-electron chi connectivity index (χ3n) is 2.38. The summed E-state index contributed by atoms with van der Waals surface area (Å²) in [5, 5.41) is 6.71. The van der Waals surface area contributed by atoms with Gasteiger partial charge in [0.1, 0.15) is 0 Å². The van der Waals surface area contributed by atoms with E-state index >= 15 is 0 Å². The maximum Gasteiger partial charge on any atom is 0.230 e. The van der Waals surface area contributed by atoms with E-state index in [1.165, 1.54) is 11.3 Å². The van der Waals surface area contributed by atoms with Crippen molar-refractivity contribution in [3.05, 3.63) is 9.98 Å². The van der Waals surface area contributed by atoms with Crippen LogP contribution in [0.15, 0.2) is 9.98 Å². The molecule has 0 aromatic carbocycles. The first kappa shape index (κ1) is 11.0. The second kappa shape index (κ2) is 5.05. The fourth-order valence-corrected chi connectivity index (χ4v) is 2.70. The normalized spacial score (nSPS) is 21.3. The molecule has 0 radical (unpaired) electrons. The summed E-state index contributed by atoms with van der Waals surface area (Å²) >= 11 is 4.74. The topological polar surface area (TPSA) is 54.0 Å². The van der Waals surface area contributed by atoms with Crippen LogP contribution in [0.2, 0.25) is 0 Å². The molecule has 1 aromatic rings. The van der Waals surface area contributed by atoms with Crippen molar-refractivity contribution in [2.75, 3.05) is 18.4 Å². The van der Waals surface area contributed by atoms with Gasteiger partial charge in [0, 0.05) is 6.54 Å². The highest BCUT2D eigenvalue weighted by atomic mass is 79.9. The van der Waals surface area contributed by atoms with Gasteiger partial charge in [0.2, 0.25) is 5.91 Å². The molecule has 1 aromatic heterocycles. The SMILES string of the molecule is O=C(Nc1ncc(Br)s1)[C@@H]1CCCNC1. The van der Waals surface area contributed by atoms with Crippen LogP contribution in [0.3, 0.4) is 0 Å². The Morgan fingerprint density at radius 3 is 3.20 bits per heavy atom. The zero-order valence-electron chi connectivity index (χ0n) is 8.12. The minimum absolute atomic E-state index is 0.0732. The molecular weight excluding hydrogens is 278 g/mol. The Balaban J connectivity index is 1.91. The predicted octanol–water partition coefficient (Wildman–Crippen LogP) is 1.84. The number of nitrogens with one attached hydrogen (secondary N) is 2. The van der Waals surface area contributed by atoms with Gasteiger partial charge in [-0.25, -0.2) is 4.98 Å². The van der Waals surface area contributed by atoms with E-state index in [0.29, 0.717) is 5.13 Å². The van der Waals surface area contributed by atoms with Gasteiger partial charge in [0.15, 0.2) is 5.13 Å². The van der Waals surface area contributed by atoms with Gasteiger partial charge in [-0.2, -0.15) is 0 Å². The van der Waals surface area contributed by atoms with Crippen molar-refractivity contribution in [3.8, 4) is 0 Å². The number of hydrogen-bond acceptors (Lipinski definition) is 4. The molecule has 6 heteroatoms. The average molecular weight is 290 g/mol. The van der Waals surface area contributed by atoms with Crippen LogP contribution >= 0.6 is 27.3 Å². The Labute approximate surface area is 101 Å². The van der Waals surface area contributed by atoms with Crippen LogP contribution in [0.4, 0.5) is 5.13 Å². The number of anilines is 1. The maximum atomic E-state index is 11.8. The van der Waals surface area contributed by atoms with Gasteiger partial charge in [-0.1, -0.05) is 11.3 Å². The number of carbonyl (C=O) groups excluding carboxylic acids is 1. The van der Waals surface area contributed by atoms with Crippen molar-refractivity contribution in [1.29, 1.82) is 0 Å². The third kappa shape index (κ3) is 2.99. The number of piperidine rings is 1. The van der Waals surface area contributed by atoms with E-state index in [0.717, 1.165) is 29.7 Å².